The number of allylic oxidation sites excluding steroid dienone is 2. The Labute approximate surface area is 120 Å². The molecule has 2 N–H and O–H groups in total. The van der Waals surface area contributed by atoms with Crippen molar-refractivity contribution < 1.29 is 13.2 Å². The molecule has 21 heavy (non-hydrogen) atoms. The van der Waals surface area contributed by atoms with Gasteiger partial charge in [-0.2, -0.15) is 18.4 Å². The second-order valence-electron chi connectivity index (χ2n) is 5.08. The molecule has 1 aliphatic rings. The van der Waals surface area contributed by atoms with Crippen LogP contribution in [0.2, 0.25) is 0 Å². The fourth-order valence-corrected chi connectivity index (χ4v) is 2.38. The zero-order chi connectivity index (χ0) is 15.8. The summed E-state index contributed by atoms with van der Waals surface area (Å²) in [5.74, 6) is -0.507. The molecule has 0 saturated carbocycles. The summed E-state index contributed by atoms with van der Waals surface area (Å²) in [5.41, 5.74) is 6.83. The van der Waals surface area contributed by atoms with E-state index in [9.17, 15) is 13.2 Å². The monoisotopic (exact) mass is 293 g/mol. The number of aliphatic imine (C=N–C) groups is 1. The number of alkyl halides is 3. The van der Waals surface area contributed by atoms with Crippen molar-refractivity contribution in [2.45, 2.75) is 25.9 Å². The van der Waals surface area contributed by atoms with Crippen LogP contribution in [0.15, 0.2) is 34.5 Å². The summed E-state index contributed by atoms with van der Waals surface area (Å²) in [5, 5.41) is 8.95. The third-order valence-electron chi connectivity index (χ3n) is 3.84. The molecule has 0 aliphatic carbocycles. The molecular weight excluding hydrogens is 279 g/mol. The van der Waals surface area contributed by atoms with Crippen LogP contribution in [0.3, 0.4) is 0 Å². The van der Waals surface area contributed by atoms with Crippen molar-refractivity contribution in [1.29, 1.82) is 5.26 Å². The lowest BCUT2D eigenvalue weighted by molar-refractivity contribution is -0.137. The van der Waals surface area contributed by atoms with E-state index in [0.717, 1.165) is 17.7 Å². The molecule has 0 radical (unpaired) electrons. The number of rotatable bonds is 1. The maximum Gasteiger partial charge on any atom is 0.416 e. The Hall–Kier alpha value is -2.29. The summed E-state index contributed by atoms with van der Waals surface area (Å²) in [6.45, 7) is 3.61. The topological polar surface area (TPSA) is 62.2 Å². The number of anilines is 1. The lowest BCUT2D eigenvalue weighted by Gasteiger charge is -2.27. The highest BCUT2D eigenvalue weighted by Gasteiger charge is 2.33. The number of nitrogen functional groups attached to an aromatic ring is 1. The molecule has 6 heteroatoms. The molecule has 0 saturated heterocycles. The Balaban J connectivity index is 2.47. The normalized spacial score (nSPS) is 22.3. The summed E-state index contributed by atoms with van der Waals surface area (Å²) in [4.78, 5) is 4.03. The number of hydrogen-bond donors (Lipinski definition) is 1. The zero-order valence-corrected chi connectivity index (χ0v) is 11.6. The predicted molar refractivity (Wildman–Crippen MR) is 74.6 cm³/mol. The summed E-state index contributed by atoms with van der Waals surface area (Å²) < 4.78 is 38.5. The standard InChI is InChI=1S/C15H14F3N3/c1-8-9(2)14(6-19)21-7-12(8)11-5-10(15(16,17)18)3-4-13(11)20/h3-5,7-8,12H,20H2,1-2H3. The van der Waals surface area contributed by atoms with Crippen LogP contribution in [-0.2, 0) is 6.18 Å². The van der Waals surface area contributed by atoms with Crippen molar-refractivity contribution in [1.82, 2.24) is 0 Å². The first kappa shape index (κ1) is 15.1. The van der Waals surface area contributed by atoms with Gasteiger partial charge in [0, 0.05) is 17.8 Å². The minimum atomic E-state index is -4.42. The van der Waals surface area contributed by atoms with Crippen molar-refractivity contribution in [3.63, 3.8) is 0 Å². The quantitative estimate of drug-likeness (QED) is 0.798. The van der Waals surface area contributed by atoms with Crippen molar-refractivity contribution in [2.75, 3.05) is 5.73 Å². The number of nitrogens with two attached hydrogens (primary N) is 1. The summed E-state index contributed by atoms with van der Waals surface area (Å²) in [7, 11) is 0. The Morgan fingerprint density at radius 3 is 2.57 bits per heavy atom. The maximum atomic E-state index is 12.8. The van der Waals surface area contributed by atoms with Crippen LogP contribution in [0.5, 0.6) is 0 Å². The van der Waals surface area contributed by atoms with E-state index in [4.69, 9.17) is 11.0 Å². The number of benzene rings is 1. The number of nitrogens with zero attached hydrogens (tertiary/aromatic N) is 2. The van der Waals surface area contributed by atoms with Gasteiger partial charge in [0.1, 0.15) is 11.8 Å². The van der Waals surface area contributed by atoms with Gasteiger partial charge < -0.3 is 5.73 Å². The molecule has 2 unspecified atom stereocenters. The van der Waals surface area contributed by atoms with Crippen molar-refractivity contribution in [3.05, 3.63) is 40.6 Å². The van der Waals surface area contributed by atoms with Crippen molar-refractivity contribution >= 4 is 11.9 Å². The van der Waals surface area contributed by atoms with Gasteiger partial charge in [-0.25, -0.2) is 4.99 Å². The second kappa shape index (κ2) is 5.24. The van der Waals surface area contributed by atoms with Crippen molar-refractivity contribution in [3.8, 4) is 6.07 Å². The van der Waals surface area contributed by atoms with E-state index in [0.29, 0.717) is 16.9 Å². The molecule has 1 heterocycles. The van der Waals surface area contributed by atoms with E-state index in [1.54, 1.807) is 6.92 Å². The molecule has 1 aliphatic heterocycles. The molecule has 2 atom stereocenters. The number of nitriles is 1. The van der Waals surface area contributed by atoms with Crippen LogP contribution < -0.4 is 5.73 Å². The molecule has 1 aromatic carbocycles. The Kier molecular flexibility index (Phi) is 3.77. The number of hydrogen-bond acceptors (Lipinski definition) is 3. The fourth-order valence-electron chi connectivity index (χ4n) is 2.38. The molecule has 0 bridgehead atoms. The third-order valence-corrected chi connectivity index (χ3v) is 3.84. The average molecular weight is 293 g/mol. The van der Waals surface area contributed by atoms with Crippen LogP contribution in [0, 0.1) is 17.2 Å². The van der Waals surface area contributed by atoms with Crippen molar-refractivity contribution in [2.24, 2.45) is 10.9 Å². The van der Waals surface area contributed by atoms with Crippen LogP contribution in [0.4, 0.5) is 18.9 Å². The third kappa shape index (κ3) is 2.77. The summed E-state index contributed by atoms with van der Waals surface area (Å²) in [6.07, 6.45) is -2.91. The van der Waals surface area contributed by atoms with Gasteiger partial charge in [-0.05, 0) is 42.2 Å². The van der Waals surface area contributed by atoms with E-state index >= 15 is 0 Å². The van der Waals surface area contributed by atoms with Crippen LogP contribution >= 0.6 is 0 Å². The largest absolute Gasteiger partial charge is 0.416 e. The highest BCUT2D eigenvalue weighted by molar-refractivity contribution is 5.76. The van der Waals surface area contributed by atoms with E-state index in [1.165, 1.54) is 12.3 Å². The van der Waals surface area contributed by atoms with E-state index in [1.807, 2.05) is 13.0 Å². The van der Waals surface area contributed by atoms with Gasteiger partial charge in [-0.3, -0.25) is 0 Å². The maximum absolute atomic E-state index is 12.8. The Morgan fingerprint density at radius 1 is 1.33 bits per heavy atom. The van der Waals surface area contributed by atoms with Gasteiger partial charge in [0.15, 0.2) is 0 Å². The second-order valence-corrected chi connectivity index (χ2v) is 5.08. The van der Waals surface area contributed by atoms with E-state index in [2.05, 4.69) is 4.99 Å². The summed E-state index contributed by atoms with van der Waals surface area (Å²) >= 11 is 0. The minimum Gasteiger partial charge on any atom is -0.398 e. The molecule has 2 rings (SSSR count). The molecule has 0 spiro atoms. The van der Waals surface area contributed by atoms with Gasteiger partial charge >= 0.3 is 6.18 Å². The first-order valence-corrected chi connectivity index (χ1v) is 6.37. The average Bonchev–Trinajstić information content (AvgIpc) is 2.41. The van der Waals surface area contributed by atoms with Crippen LogP contribution in [0.1, 0.15) is 30.9 Å². The van der Waals surface area contributed by atoms with E-state index < -0.39 is 11.7 Å². The minimum absolute atomic E-state index is 0.136. The Morgan fingerprint density at radius 2 is 2.00 bits per heavy atom. The summed E-state index contributed by atoms with van der Waals surface area (Å²) in [6, 6.07) is 5.27. The lowest BCUT2D eigenvalue weighted by Crippen LogP contribution is -2.19. The zero-order valence-electron chi connectivity index (χ0n) is 11.6. The molecule has 0 fully saturated rings. The van der Waals surface area contributed by atoms with Gasteiger partial charge in [-0.1, -0.05) is 6.92 Å². The molecule has 110 valence electrons. The number of halogens is 3. The van der Waals surface area contributed by atoms with Gasteiger partial charge in [0.2, 0.25) is 0 Å². The smallest absolute Gasteiger partial charge is 0.398 e. The van der Waals surface area contributed by atoms with Gasteiger partial charge in [-0.15, -0.1) is 0 Å². The first-order chi connectivity index (χ1) is 9.75. The highest BCUT2D eigenvalue weighted by Crippen LogP contribution is 2.39. The molecule has 0 aromatic heterocycles. The van der Waals surface area contributed by atoms with Crippen LogP contribution in [0.25, 0.3) is 0 Å². The van der Waals surface area contributed by atoms with Gasteiger partial charge in [0.05, 0.1) is 5.56 Å². The van der Waals surface area contributed by atoms with Crippen LogP contribution in [-0.4, -0.2) is 6.21 Å². The Bertz CT molecular complexity index is 666. The highest BCUT2D eigenvalue weighted by atomic mass is 19.4. The first-order valence-electron chi connectivity index (χ1n) is 6.37. The van der Waals surface area contributed by atoms with Gasteiger partial charge in [0.25, 0.3) is 0 Å². The lowest BCUT2D eigenvalue weighted by atomic mass is 9.80. The molecular formula is C15H14F3N3. The molecule has 3 nitrogen and oxygen atoms in total. The molecule has 0 amide bonds. The fraction of sp³-hybridized carbons (Fsp3) is 0.333. The predicted octanol–water partition coefficient (Wildman–Crippen LogP) is 3.89. The SMILES string of the molecule is CC1=C(C#N)N=CC(c2cc(C(F)(F)F)ccc2N)C1C. The van der Waals surface area contributed by atoms with E-state index in [-0.39, 0.29) is 11.8 Å². The molecule has 1 aromatic rings.